The fourth-order valence-electron chi connectivity index (χ4n) is 3.51. The summed E-state index contributed by atoms with van der Waals surface area (Å²) < 4.78 is 10.1. The fraction of sp³-hybridized carbons (Fsp3) is 0.167. The Morgan fingerprint density at radius 2 is 1.79 bits per heavy atom. The van der Waals surface area contributed by atoms with Crippen molar-refractivity contribution in [1.82, 2.24) is 5.32 Å². The molecule has 4 aromatic rings. The molecule has 2 N–H and O–H groups in total. The molecule has 2 aromatic heterocycles. The number of imide groups is 1. The Kier molecular flexibility index (Phi) is 5.97. The zero-order valence-corrected chi connectivity index (χ0v) is 18.9. The first-order chi connectivity index (χ1) is 15.8. The zero-order valence-electron chi connectivity index (χ0n) is 18.1. The summed E-state index contributed by atoms with van der Waals surface area (Å²) in [5, 5.41) is 7.38. The predicted molar refractivity (Wildman–Crippen MR) is 126 cm³/mol. The number of rotatable bonds is 4. The maximum Gasteiger partial charge on any atom is 0.414 e. The molecule has 0 unspecified atom stereocenters. The van der Waals surface area contributed by atoms with Crippen molar-refractivity contribution >= 4 is 56.0 Å². The fourth-order valence-corrected chi connectivity index (χ4v) is 4.56. The highest BCUT2D eigenvalue weighted by atomic mass is 32.1. The van der Waals surface area contributed by atoms with E-state index in [1.165, 1.54) is 17.4 Å². The van der Waals surface area contributed by atoms with Crippen LogP contribution < -0.4 is 16.3 Å². The van der Waals surface area contributed by atoms with Gasteiger partial charge in [0.05, 0.1) is 12.2 Å². The normalized spacial score (nSPS) is 10.9. The minimum absolute atomic E-state index is 0.108. The van der Waals surface area contributed by atoms with Gasteiger partial charge in [-0.2, -0.15) is 0 Å². The summed E-state index contributed by atoms with van der Waals surface area (Å²) in [7, 11) is 0. The summed E-state index contributed by atoms with van der Waals surface area (Å²) >= 11 is 1.17. The van der Waals surface area contributed by atoms with E-state index < -0.39 is 23.5 Å². The average Bonchev–Trinajstić information content (AvgIpc) is 3.06. The highest BCUT2D eigenvalue weighted by Crippen LogP contribution is 2.33. The molecule has 0 fully saturated rings. The van der Waals surface area contributed by atoms with E-state index in [-0.39, 0.29) is 22.7 Å². The Morgan fingerprint density at radius 3 is 2.55 bits per heavy atom. The molecule has 0 aliphatic rings. The van der Waals surface area contributed by atoms with Crippen LogP contribution >= 0.6 is 11.3 Å². The van der Waals surface area contributed by atoms with Crippen molar-refractivity contribution in [2.75, 3.05) is 11.9 Å². The largest absolute Gasteiger partial charge is 0.450 e. The molecule has 4 rings (SSSR count). The van der Waals surface area contributed by atoms with Crippen molar-refractivity contribution in [3.8, 4) is 0 Å². The molecule has 0 bridgehead atoms. The van der Waals surface area contributed by atoms with E-state index >= 15 is 0 Å². The third-order valence-electron chi connectivity index (χ3n) is 5.22. The van der Waals surface area contributed by atoms with Crippen LogP contribution in [0.4, 0.5) is 9.80 Å². The number of nitrogens with one attached hydrogen (secondary N) is 2. The van der Waals surface area contributed by atoms with Gasteiger partial charge >= 0.3 is 11.7 Å². The Balaban J connectivity index is 1.72. The van der Waals surface area contributed by atoms with Crippen LogP contribution in [-0.2, 0) is 4.74 Å². The van der Waals surface area contributed by atoms with Gasteiger partial charge in [-0.15, -0.1) is 11.3 Å². The summed E-state index contributed by atoms with van der Waals surface area (Å²) in [5.74, 6) is -1.42. The lowest BCUT2D eigenvalue weighted by Gasteiger charge is -2.09. The van der Waals surface area contributed by atoms with Gasteiger partial charge in [0.25, 0.3) is 11.8 Å². The van der Waals surface area contributed by atoms with Gasteiger partial charge < -0.3 is 14.5 Å². The smallest absolute Gasteiger partial charge is 0.414 e. The highest BCUT2D eigenvalue weighted by molar-refractivity contribution is 7.16. The number of fused-ring (bicyclic) bond motifs is 3. The van der Waals surface area contributed by atoms with Crippen LogP contribution in [0.25, 0.3) is 21.7 Å². The maximum absolute atomic E-state index is 13.0. The third kappa shape index (κ3) is 4.22. The van der Waals surface area contributed by atoms with Crippen molar-refractivity contribution in [3.05, 3.63) is 74.5 Å². The van der Waals surface area contributed by atoms with Gasteiger partial charge in [-0.25, -0.2) is 9.59 Å². The molecule has 33 heavy (non-hydrogen) atoms. The molecule has 0 aliphatic carbocycles. The summed E-state index contributed by atoms with van der Waals surface area (Å²) in [5.41, 5.74) is 0.118. The van der Waals surface area contributed by atoms with E-state index in [1.54, 1.807) is 26.8 Å². The lowest BCUT2D eigenvalue weighted by atomic mass is 10.0. The molecule has 0 saturated carbocycles. The number of hydrogen-bond donors (Lipinski definition) is 2. The minimum atomic E-state index is -0.884. The van der Waals surface area contributed by atoms with Gasteiger partial charge in [-0.3, -0.25) is 14.9 Å². The van der Waals surface area contributed by atoms with Crippen LogP contribution in [0.1, 0.15) is 38.1 Å². The van der Waals surface area contributed by atoms with Crippen LogP contribution in [0.2, 0.25) is 0 Å². The van der Waals surface area contributed by atoms with Gasteiger partial charge in [0, 0.05) is 10.3 Å². The third-order valence-corrected chi connectivity index (χ3v) is 6.34. The molecular weight excluding hydrogens is 444 g/mol. The van der Waals surface area contributed by atoms with E-state index in [0.29, 0.717) is 16.5 Å². The van der Waals surface area contributed by atoms with Gasteiger partial charge in [0.1, 0.15) is 16.1 Å². The predicted octanol–water partition coefficient (Wildman–Crippen LogP) is 4.76. The molecule has 0 saturated heterocycles. The quantitative estimate of drug-likeness (QED) is 0.332. The van der Waals surface area contributed by atoms with E-state index in [4.69, 9.17) is 9.15 Å². The minimum Gasteiger partial charge on any atom is -0.450 e. The maximum atomic E-state index is 13.0. The number of benzene rings is 2. The highest BCUT2D eigenvalue weighted by Gasteiger charge is 2.24. The number of alkyl carbamates (subject to hydrolysis) is 1. The summed E-state index contributed by atoms with van der Waals surface area (Å²) in [4.78, 5) is 50.7. The Morgan fingerprint density at radius 1 is 1.03 bits per heavy atom. The van der Waals surface area contributed by atoms with Gasteiger partial charge in [0.15, 0.2) is 0 Å². The molecular formula is C24H20N2O6S. The van der Waals surface area contributed by atoms with Crippen LogP contribution in [0.3, 0.4) is 0 Å². The number of thiophene rings is 1. The van der Waals surface area contributed by atoms with Crippen LogP contribution in [0.15, 0.2) is 51.7 Å². The molecule has 8 nitrogen and oxygen atoms in total. The first kappa shape index (κ1) is 22.2. The number of carbonyl (C=O) groups excluding carboxylic acids is 3. The summed E-state index contributed by atoms with van der Waals surface area (Å²) in [6.45, 7) is 5.22. The van der Waals surface area contributed by atoms with Gasteiger partial charge in [-0.1, -0.05) is 30.3 Å². The van der Waals surface area contributed by atoms with Crippen molar-refractivity contribution in [1.29, 1.82) is 0 Å². The number of amides is 3. The van der Waals surface area contributed by atoms with Crippen molar-refractivity contribution < 1.29 is 23.5 Å². The summed E-state index contributed by atoms with van der Waals surface area (Å²) in [6, 6.07) is 12.6. The molecule has 0 atom stereocenters. The molecule has 0 spiro atoms. The molecule has 0 radical (unpaired) electrons. The Hall–Kier alpha value is -3.98. The van der Waals surface area contributed by atoms with E-state index in [2.05, 4.69) is 10.6 Å². The van der Waals surface area contributed by atoms with Crippen LogP contribution in [0, 0.1) is 13.8 Å². The van der Waals surface area contributed by atoms with Crippen LogP contribution in [0.5, 0.6) is 0 Å². The average molecular weight is 464 g/mol. The SMILES string of the molecule is CCOC(=O)NC(=O)c1c(NC(=O)c2cc3c(ccc4ccccc43)oc2=O)sc(C)c1C. The lowest BCUT2D eigenvalue weighted by Crippen LogP contribution is -2.32. The first-order valence-corrected chi connectivity index (χ1v) is 11.0. The van der Waals surface area contributed by atoms with E-state index in [0.717, 1.165) is 15.6 Å². The molecule has 9 heteroatoms. The number of carbonyl (C=O) groups is 3. The monoisotopic (exact) mass is 464 g/mol. The number of anilines is 1. The second kappa shape index (κ2) is 8.87. The molecule has 2 aromatic carbocycles. The second-order valence-electron chi connectivity index (χ2n) is 7.26. The second-order valence-corrected chi connectivity index (χ2v) is 8.49. The number of aryl methyl sites for hydroxylation is 1. The van der Waals surface area contributed by atoms with Crippen molar-refractivity contribution in [2.24, 2.45) is 0 Å². The standard InChI is InChI=1S/C24H20N2O6S/c1-4-31-24(30)26-21(28)19-12(2)13(3)33-22(19)25-20(27)17-11-16-15-8-6-5-7-14(15)9-10-18(16)32-23(17)29/h5-11H,4H2,1-3H3,(H,25,27)(H,26,28,30). The first-order valence-electron chi connectivity index (χ1n) is 10.1. The summed E-state index contributed by atoms with van der Waals surface area (Å²) in [6.07, 6.45) is -0.884. The van der Waals surface area contributed by atoms with Crippen molar-refractivity contribution in [2.45, 2.75) is 20.8 Å². The van der Waals surface area contributed by atoms with Crippen molar-refractivity contribution in [3.63, 3.8) is 0 Å². The van der Waals surface area contributed by atoms with Crippen LogP contribution in [-0.4, -0.2) is 24.5 Å². The Labute approximate surface area is 192 Å². The topological polar surface area (TPSA) is 115 Å². The lowest BCUT2D eigenvalue weighted by molar-refractivity contribution is 0.0925. The van der Waals surface area contributed by atoms with Gasteiger partial charge in [-0.05, 0) is 49.2 Å². The molecule has 0 aliphatic heterocycles. The van der Waals surface area contributed by atoms with E-state index in [1.807, 2.05) is 30.3 Å². The zero-order chi connectivity index (χ0) is 23.7. The molecule has 3 amide bonds. The number of hydrogen-bond acceptors (Lipinski definition) is 7. The number of ether oxygens (including phenoxy) is 1. The van der Waals surface area contributed by atoms with Gasteiger partial charge in [0.2, 0.25) is 0 Å². The van der Waals surface area contributed by atoms with E-state index in [9.17, 15) is 19.2 Å². The molecule has 2 heterocycles. The Bertz CT molecular complexity index is 1480. The molecule has 168 valence electrons.